The molecule has 1 N–H and O–H groups in total. The zero-order chi connectivity index (χ0) is 21.2. The fourth-order valence-corrected chi connectivity index (χ4v) is 3.81. The predicted octanol–water partition coefficient (Wildman–Crippen LogP) is 2.93. The lowest BCUT2D eigenvalue weighted by Gasteiger charge is -2.23. The van der Waals surface area contributed by atoms with Gasteiger partial charge in [-0.1, -0.05) is 11.8 Å². The third-order valence-electron chi connectivity index (χ3n) is 5.25. The van der Waals surface area contributed by atoms with Gasteiger partial charge >= 0.3 is 0 Å². The van der Waals surface area contributed by atoms with Gasteiger partial charge in [-0.2, -0.15) is 5.26 Å². The fraction of sp³-hybridized carbons (Fsp3) is 0.500. The van der Waals surface area contributed by atoms with Crippen LogP contribution < -0.4 is 5.32 Å². The smallest absolute Gasteiger partial charge is 0.231 e. The number of aromatic nitrogens is 3. The van der Waals surface area contributed by atoms with E-state index in [9.17, 15) is 14.4 Å². The molecule has 0 bridgehead atoms. The molecule has 29 heavy (non-hydrogen) atoms. The lowest BCUT2D eigenvalue weighted by atomic mass is 9.98. The zero-order valence-electron chi connectivity index (χ0n) is 17.0. The van der Waals surface area contributed by atoms with Gasteiger partial charge in [0.2, 0.25) is 5.91 Å². The van der Waals surface area contributed by atoms with Crippen LogP contribution in [0.25, 0.3) is 5.69 Å². The number of amides is 1. The summed E-state index contributed by atoms with van der Waals surface area (Å²) in [6, 6.07) is 8.28. The number of hydrogen-bond acceptors (Lipinski definition) is 6. The molecular formula is C20H25FN6OS. The summed E-state index contributed by atoms with van der Waals surface area (Å²) < 4.78 is 15.2. The first kappa shape index (κ1) is 21.3. The van der Waals surface area contributed by atoms with E-state index < -0.39 is 5.54 Å². The minimum absolute atomic E-state index is 0.0347. The highest BCUT2D eigenvalue weighted by atomic mass is 32.2. The maximum atomic E-state index is 13.4. The van der Waals surface area contributed by atoms with Gasteiger partial charge in [-0.05, 0) is 71.0 Å². The van der Waals surface area contributed by atoms with E-state index in [2.05, 4.69) is 21.6 Å². The zero-order valence-corrected chi connectivity index (χ0v) is 17.8. The Kier molecular flexibility index (Phi) is 6.24. The Morgan fingerprint density at radius 3 is 2.62 bits per heavy atom. The summed E-state index contributed by atoms with van der Waals surface area (Å²) in [5.74, 6) is 0.483. The molecule has 2 atom stereocenters. The number of hydrogen-bond donors (Lipinski definition) is 1. The number of carbonyl (C=O) groups is 1. The highest BCUT2D eigenvalue weighted by Crippen LogP contribution is 2.39. The van der Waals surface area contributed by atoms with Crippen LogP contribution in [-0.2, 0) is 4.79 Å². The van der Waals surface area contributed by atoms with Gasteiger partial charge in [0, 0.05) is 5.69 Å². The highest BCUT2D eigenvalue weighted by molar-refractivity contribution is 7.99. The van der Waals surface area contributed by atoms with Gasteiger partial charge in [0.1, 0.15) is 11.4 Å². The van der Waals surface area contributed by atoms with Crippen molar-refractivity contribution in [2.45, 2.75) is 43.4 Å². The van der Waals surface area contributed by atoms with E-state index in [1.807, 2.05) is 30.5 Å². The van der Waals surface area contributed by atoms with Crippen molar-refractivity contribution in [1.82, 2.24) is 25.0 Å². The van der Waals surface area contributed by atoms with Crippen molar-refractivity contribution >= 4 is 17.7 Å². The Morgan fingerprint density at radius 2 is 2.07 bits per heavy atom. The number of carbonyl (C=O) groups excluding carboxylic acids is 1. The quantitative estimate of drug-likeness (QED) is 0.666. The van der Waals surface area contributed by atoms with E-state index in [1.165, 1.54) is 23.9 Å². The molecule has 2 aromatic rings. The van der Waals surface area contributed by atoms with Crippen LogP contribution in [0.3, 0.4) is 0 Å². The lowest BCUT2D eigenvalue weighted by Crippen LogP contribution is -2.47. The van der Waals surface area contributed by atoms with Crippen molar-refractivity contribution in [2.24, 2.45) is 5.92 Å². The maximum Gasteiger partial charge on any atom is 0.231 e. The van der Waals surface area contributed by atoms with Gasteiger partial charge in [-0.15, -0.1) is 10.2 Å². The first-order valence-electron chi connectivity index (χ1n) is 9.48. The molecule has 0 saturated heterocycles. The summed E-state index contributed by atoms with van der Waals surface area (Å²) in [5, 5.41) is 21.4. The molecule has 0 spiro atoms. The predicted molar refractivity (Wildman–Crippen MR) is 109 cm³/mol. The number of nitrogens with zero attached hydrogens (tertiary/aromatic N) is 5. The summed E-state index contributed by atoms with van der Waals surface area (Å²) in [7, 11) is 3.88. The minimum Gasteiger partial charge on any atom is -0.337 e. The van der Waals surface area contributed by atoms with Crippen LogP contribution in [0.4, 0.5) is 4.39 Å². The van der Waals surface area contributed by atoms with Crippen molar-refractivity contribution in [2.75, 3.05) is 19.8 Å². The van der Waals surface area contributed by atoms with Gasteiger partial charge in [-0.25, -0.2) is 4.39 Å². The van der Waals surface area contributed by atoms with Crippen LogP contribution in [0.2, 0.25) is 0 Å². The average Bonchev–Trinajstić information content (AvgIpc) is 3.47. The van der Waals surface area contributed by atoms with Gasteiger partial charge in [0.25, 0.3) is 0 Å². The van der Waals surface area contributed by atoms with Crippen molar-refractivity contribution in [3.05, 3.63) is 35.9 Å². The molecule has 154 valence electrons. The summed E-state index contributed by atoms with van der Waals surface area (Å²) in [5.41, 5.74) is -0.102. The van der Waals surface area contributed by atoms with Gasteiger partial charge in [0.15, 0.2) is 11.0 Å². The Morgan fingerprint density at radius 1 is 1.41 bits per heavy atom. The monoisotopic (exact) mass is 416 g/mol. The second kappa shape index (κ2) is 8.51. The molecular weight excluding hydrogens is 391 g/mol. The molecule has 1 heterocycles. The minimum atomic E-state index is -0.827. The third kappa shape index (κ3) is 4.77. The Bertz CT molecular complexity index is 918. The topological polar surface area (TPSA) is 86.8 Å². The molecule has 1 aromatic carbocycles. The Labute approximate surface area is 174 Å². The first-order chi connectivity index (χ1) is 13.7. The summed E-state index contributed by atoms with van der Waals surface area (Å²) in [6.07, 6.45) is 1.92. The molecule has 1 aliphatic carbocycles. The van der Waals surface area contributed by atoms with Crippen molar-refractivity contribution in [3.8, 4) is 11.8 Å². The standard InChI is InChI=1S/C20H25FN6OS/c1-13(26(3)4)18-24-25-19(27(18)16-9-7-15(21)8-10-16)29-11-17(28)23-20(2,12-22)14-5-6-14/h7-10,13-14H,5-6,11H2,1-4H3,(H,23,28)/t13-,20-/m0/s1. The number of halogens is 1. The van der Waals surface area contributed by atoms with Crippen molar-refractivity contribution < 1.29 is 9.18 Å². The number of thioether (sulfide) groups is 1. The van der Waals surface area contributed by atoms with Gasteiger partial charge < -0.3 is 5.32 Å². The highest BCUT2D eigenvalue weighted by Gasteiger charge is 2.43. The van der Waals surface area contributed by atoms with Gasteiger partial charge in [0.05, 0.1) is 17.9 Å². The second-order valence-electron chi connectivity index (χ2n) is 7.72. The molecule has 9 heteroatoms. The van der Waals surface area contributed by atoms with E-state index in [1.54, 1.807) is 19.1 Å². The molecule has 3 rings (SSSR count). The van der Waals surface area contributed by atoms with Gasteiger partial charge in [-0.3, -0.25) is 14.3 Å². The van der Waals surface area contributed by atoms with Crippen molar-refractivity contribution in [3.63, 3.8) is 0 Å². The summed E-state index contributed by atoms with van der Waals surface area (Å²) in [6.45, 7) is 3.77. The number of rotatable bonds is 8. The number of benzene rings is 1. The van der Waals surface area contributed by atoms with E-state index >= 15 is 0 Å². The third-order valence-corrected chi connectivity index (χ3v) is 6.18. The normalized spacial score (nSPS) is 16.9. The van der Waals surface area contributed by atoms with E-state index in [4.69, 9.17) is 0 Å². The SMILES string of the molecule is C[C@@H](c1nnc(SCC(=O)N[C@@](C)(C#N)C2CC2)n1-c1ccc(F)cc1)N(C)C. The van der Waals surface area contributed by atoms with Crippen LogP contribution in [0.5, 0.6) is 0 Å². The van der Waals surface area contributed by atoms with Crippen molar-refractivity contribution in [1.29, 1.82) is 5.26 Å². The molecule has 1 aliphatic rings. The van der Waals surface area contributed by atoms with E-state index in [-0.39, 0.29) is 29.4 Å². The molecule has 1 saturated carbocycles. The molecule has 0 radical (unpaired) electrons. The molecule has 1 aromatic heterocycles. The summed E-state index contributed by atoms with van der Waals surface area (Å²) in [4.78, 5) is 14.5. The summed E-state index contributed by atoms with van der Waals surface area (Å²) >= 11 is 1.24. The first-order valence-corrected chi connectivity index (χ1v) is 10.5. The Hall–Kier alpha value is -2.44. The van der Waals surface area contributed by atoms with Crippen LogP contribution in [-0.4, -0.2) is 51.0 Å². The molecule has 1 amide bonds. The average molecular weight is 417 g/mol. The largest absolute Gasteiger partial charge is 0.337 e. The Balaban J connectivity index is 1.81. The molecule has 0 aliphatic heterocycles. The van der Waals surface area contributed by atoms with E-state index in [0.29, 0.717) is 11.0 Å². The molecule has 7 nitrogen and oxygen atoms in total. The van der Waals surface area contributed by atoms with Crippen LogP contribution >= 0.6 is 11.8 Å². The van der Waals surface area contributed by atoms with Crippen LogP contribution in [0.15, 0.2) is 29.4 Å². The number of nitrogens with one attached hydrogen (secondary N) is 1. The van der Waals surface area contributed by atoms with Crippen LogP contribution in [0, 0.1) is 23.1 Å². The molecule has 1 fully saturated rings. The maximum absolute atomic E-state index is 13.4. The lowest BCUT2D eigenvalue weighted by molar-refractivity contribution is -0.119. The second-order valence-corrected chi connectivity index (χ2v) is 8.66. The van der Waals surface area contributed by atoms with E-state index in [0.717, 1.165) is 18.5 Å². The molecule has 0 unspecified atom stereocenters. The van der Waals surface area contributed by atoms with Crippen LogP contribution in [0.1, 0.15) is 38.6 Å². The number of nitriles is 1. The fourth-order valence-electron chi connectivity index (χ4n) is 3.05.